The quantitative estimate of drug-likeness (QED) is 0.386. The van der Waals surface area contributed by atoms with E-state index in [9.17, 15) is 5.26 Å². The van der Waals surface area contributed by atoms with Crippen LogP contribution < -0.4 is 9.47 Å². The van der Waals surface area contributed by atoms with Gasteiger partial charge in [-0.15, -0.1) is 0 Å². The molecule has 0 spiro atoms. The molecule has 1 aliphatic heterocycles. The van der Waals surface area contributed by atoms with Crippen LogP contribution in [-0.4, -0.2) is 20.1 Å². The average Bonchev–Trinajstić information content (AvgIpc) is 2.79. The molecule has 0 radical (unpaired) electrons. The smallest absolute Gasteiger partial charge is 0.236 e. The predicted molar refractivity (Wildman–Crippen MR) is 117 cm³/mol. The van der Waals surface area contributed by atoms with Gasteiger partial charge in [0, 0.05) is 21.4 Å². The molecule has 3 aromatic rings. The zero-order valence-corrected chi connectivity index (χ0v) is 17.3. The van der Waals surface area contributed by atoms with Crippen LogP contribution in [0, 0.1) is 11.3 Å². The molecule has 0 unspecified atom stereocenters. The van der Waals surface area contributed by atoms with Crippen LogP contribution in [0.2, 0.25) is 5.02 Å². The summed E-state index contributed by atoms with van der Waals surface area (Å²) < 4.78 is 16.7. The van der Waals surface area contributed by atoms with Crippen LogP contribution in [0.1, 0.15) is 24.0 Å². The number of ether oxygens (including phenoxy) is 3. The van der Waals surface area contributed by atoms with E-state index in [1.165, 1.54) is 6.40 Å². The van der Waals surface area contributed by atoms with E-state index in [-0.39, 0.29) is 11.8 Å². The highest BCUT2D eigenvalue weighted by Gasteiger charge is 2.33. The molecule has 30 heavy (non-hydrogen) atoms. The first-order valence-corrected chi connectivity index (χ1v) is 9.87. The zero-order valence-electron chi connectivity index (χ0n) is 16.6. The molecular formula is C24H19ClN2O3. The third kappa shape index (κ3) is 3.47. The SMILES string of the molecule is CCOC=NC1=C(C#N)[C@H](c2ccc(OC)cc2)c2cc(Cl)c3ccccc3c2O1. The van der Waals surface area contributed by atoms with Crippen molar-refractivity contribution in [1.29, 1.82) is 5.26 Å². The Balaban J connectivity index is 1.98. The van der Waals surface area contributed by atoms with Crippen molar-refractivity contribution in [3.63, 3.8) is 0 Å². The molecule has 0 aliphatic carbocycles. The molecule has 5 nitrogen and oxygen atoms in total. The standard InChI is InChI=1S/C24H19ClN2O3/c1-3-29-14-27-24-20(13-26)22(15-8-10-16(28-2)11-9-15)19-12-21(25)17-6-4-5-7-18(17)23(19)30-24/h4-12,14,22H,3H2,1-2H3/t22-/m1/s1. The highest BCUT2D eigenvalue weighted by Crippen LogP contribution is 2.48. The van der Waals surface area contributed by atoms with Gasteiger partial charge in [-0.05, 0) is 30.7 Å². The number of hydrogen-bond acceptors (Lipinski definition) is 5. The van der Waals surface area contributed by atoms with E-state index in [0.717, 1.165) is 27.6 Å². The Bertz CT molecular complexity index is 1190. The Labute approximate surface area is 179 Å². The van der Waals surface area contributed by atoms with Crippen molar-refractivity contribution in [3.8, 4) is 17.6 Å². The number of fused-ring (bicyclic) bond motifs is 3. The van der Waals surface area contributed by atoms with Crippen molar-refractivity contribution >= 4 is 28.8 Å². The molecule has 0 amide bonds. The van der Waals surface area contributed by atoms with Crippen LogP contribution >= 0.6 is 11.6 Å². The molecule has 0 saturated heterocycles. The summed E-state index contributed by atoms with van der Waals surface area (Å²) in [5.41, 5.74) is 2.11. The largest absolute Gasteiger partial charge is 0.497 e. The molecule has 1 heterocycles. The second kappa shape index (κ2) is 8.48. The van der Waals surface area contributed by atoms with Gasteiger partial charge in [-0.2, -0.15) is 10.3 Å². The van der Waals surface area contributed by atoms with E-state index in [1.54, 1.807) is 7.11 Å². The fourth-order valence-electron chi connectivity index (χ4n) is 3.59. The zero-order chi connectivity index (χ0) is 21.1. The van der Waals surface area contributed by atoms with Crippen molar-refractivity contribution in [2.45, 2.75) is 12.8 Å². The van der Waals surface area contributed by atoms with Crippen LogP contribution in [0.4, 0.5) is 0 Å². The molecule has 0 saturated carbocycles. The van der Waals surface area contributed by atoms with Gasteiger partial charge in [0.25, 0.3) is 0 Å². The lowest BCUT2D eigenvalue weighted by Gasteiger charge is -2.28. The Morgan fingerprint density at radius 1 is 1.17 bits per heavy atom. The van der Waals surface area contributed by atoms with Gasteiger partial charge in [0.05, 0.1) is 19.6 Å². The molecule has 4 rings (SSSR count). The van der Waals surface area contributed by atoms with Gasteiger partial charge in [0.1, 0.15) is 23.1 Å². The molecule has 1 aliphatic rings. The summed E-state index contributed by atoms with van der Waals surface area (Å²) in [4.78, 5) is 4.29. The monoisotopic (exact) mass is 418 g/mol. The minimum atomic E-state index is -0.388. The van der Waals surface area contributed by atoms with Crippen LogP contribution in [0.25, 0.3) is 10.8 Å². The van der Waals surface area contributed by atoms with Gasteiger partial charge in [-0.3, -0.25) is 0 Å². The van der Waals surface area contributed by atoms with E-state index < -0.39 is 0 Å². The number of allylic oxidation sites excluding steroid dienone is 1. The van der Waals surface area contributed by atoms with Crippen molar-refractivity contribution in [1.82, 2.24) is 0 Å². The van der Waals surface area contributed by atoms with E-state index in [0.29, 0.717) is 23.0 Å². The summed E-state index contributed by atoms with van der Waals surface area (Å²) in [6.45, 7) is 2.33. The van der Waals surface area contributed by atoms with Gasteiger partial charge < -0.3 is 14.2 Å². The number of benzene rings is 3. The highest BCUT2D eigenvalue weighted by atomic mass is 35.5. The second-order valence-corrected chi connectivity index (χ2v) is 7.06. The first kappa shape index (κ1) is 19.8. The van der Waals surface area contributed by atoms with Crippen molar-refractivity contribution in [3.05, 3.63) is 82.2 Å². The molecule has 0 aromatic heterocycles. The molecule has 0 N–H and O–H groups in total. The van der Waals surface area contributed by atoms with Crippen LogP contribution in [0.5, 0.6) is 11.5 Å². The number of methoxy groups -OCH3 is 1. The minimum Gasteiger partial charge on any atom is -0.497 e. The number of nitriles is 1. The first-order valence-electron chi connectivity index (χ1n) is 9.49. The Hall–Kier alpha value is -3.49. The van der Waals surface area contributed by atoms with Gasteiger partial charge >= 0.3 is 0 Å². The molecule has 0 bridgehead atoms. The lowest BCUT2D eigenvalue weighted by molar-refractivity contribution is 0.336. The maximum absolute atomic E-state index is 10.00. The van der Waals surface area contributed by atoms with Gasteiger partial charge in [-0.1, -0.05) is 48.0 Å². The van der Waals surface area contributed by atoms with Crippen LogP contribution in [-0.2, 0) is 4.74 Å². The molecule has 1 atom stereocenters. The summed E-state index contributed by atoms with van der Waals surface area (Å²) in [6, 6.07) is 19.5. The topological polar surface area (TPSA) is 63.8 Å². The number of rotatable bonds is 5. The fourth-order valence-corrected chi connectivity index (χ4v) is 3.88. The third-order valence-electron chi connectivity index (χ3n) is 4.98. The Morgan fingerprint density at radius 3 is 2.57 bits per heavy atom. The van der Waals surface area contributed by atoms with Gasteiger partial charge in [-0.25, -0.2) is 0 Å². The minimum absolute atomic E-state index is 0.215. The summed E-state index contributed by atoms with van der Waals surface area (Å²) in [7, 11) is 1.62. The maximum Gasteiger partial charge on any atom is 0.236 e. The maximum atomic E-state index is 10.00. The van der Waals surface area contributed by atoms with Crippen molar-refractivity contribution in [2.24, 2.45) is 4.99 Å². The summed E-state index contributed by atoms with van der Waals surface area (Å²) in [6.07, 6.45) is 1.31. The summed E-state index contributed by atoms with van der Waals surface area (Å²) in [5.74, 6) is 1.20. The fraction of sp³-hybridized carbons (Fsp3) is 0.167. The molecule has 0 fully saturated rings. The Morgan fingerprint density at radius 2 is 1.90 bits per heavy atom. The summed E-state index contributed by atoms with van der Waals surface area (Å²) in [5, 5.41) is 12.3. The van der Waals surface area contributed by atoms with E-state index in [2.05, 4.69) is 11.1 Å². The molecule has 6 heteroatoms. The summed E-state index contributed by atoms with van der Waals surface area (Å²) >= 11 is 6.60. The number of hydrogen-bond donors (Lipinski definition) is 0. The number of nitrogens with zero attached hydrogens (tertiary/aromatic N) is 2. The highest BCUT2D eigenvalue weighted by molar-refractivity contribution is 6.36. The number of halogens is 1. The van der Waals surface area contributed by atoms with Crippen molar-refractivity contribution < 1.29 is 14.2 Å². The average molecular weight is 419 g/mol. The predicted octanol–water partition coefficient (Wildman–Crippen LogP) is 5.83. The lowest BCUT2D eigenvalue weighted by atomic mass is 9.82. The third-order valence-corrected chi connectivity index (χ3v) is 5.30. The second-order valence-electron chi connectivity index (χ2n) is 6.65. The van der Waals surface area contributed by atoms with Crippen molar-refractivity contribution in [2.75, 3.05) is 13.7 Å². The molecule has 3 aromatic carbocycles. The van der Waals surface area contributed by atoms with Crippen LogP contribution in [0.15, 0.2) is 71.0 Å². The Kier molecular flexibility index (Phi) is 5.60. The van der Waals surface area contributed by atoms with E-state index in [4.69, 9.17) is 25.8 Å². The lowest BCUT2D eigenvalue weighted by Crippen LogP contribution is -2.16. The molecular weight excluding hydrogens is 400 g/mol. The first-order chi connectivity index (χ1) is 14.7. The molecule has 150 valence electrons. The number of aliphatic imine (C=N–C) groups is 1. The van der Waals surface area contributed by atoms with Gasteiger partial charge in [0.2, 0.25) is 5.88 Å². The van der Waals surface area contributed by atoms with Gasteiger partial charge in [0.15, 0.2) is 6.40 Å². The van der Waals surface area contributed by atoms with E-state index >= 15 is 0 Å². The normalized spacial score (nSPS) is 15.6. The van der Waals surface area contributed by atoms with E-state index in [1.807, 2.05) is 61.5 Å². The van der Waals surface area contributed by atoms with Crippen LogP contribution in [0.3, 0.4) is 0 Å².